The summed E-state index contributed by atoms with van der Waals surface area (Å²) in [6, 6.07) is 8.29. The van der Waals surface area contributed by atoms with E-state index in [2.05, 4.69) is 12.1 Å². The quantitative estimate of drug-likeness (QED) is 0.653. The Morgan fingerprint density at radius 2 is 2.23 bits per heavy atom. The predicted molar refractivity (Wildman–Crippen MR) is 49.7 cm³/mol. The molecule has 0 unspecified atom stereocenters. The lowest BCUT2D eigenvalue weighted by molar-refractivity contribution is 0.407. The minimum Gasteiger partial charge on any atom is -0.464 e. The maximum atomic E-state index is 5.26. The van der Waals surface area contributed by atoms with Crippen molar-refractivity contribution in [1.82, 2.24) is 0 Å². The maximum Gasteiger partial charge on any atom is 0.133 e. The number of fused-ring (bicyclic) bond motifs is 1. The minimum atomic E-state index is 0.462. The van der Waals surface area contributed by atoms with E-state index in [9.17, 15) is 0 Å². The number of hydrogen-bond acceptors (Lipinski definition) is 2. The molecule has 0 N–H and O–H groups in total. The molecular weight excluding hydrogens is 164 g/mol. The van der Waals surface area contributed by atoms with Gasteiger partial charge in [-0.2, -0.15) is 0 Å². The Balaban J connectivity index is 1.99. The third kappa shape index (κ3) is 1.33. The zero-order valence-corrected chi connectivity index (χ0v) is 7.19. The van der Waals surface area contributed by atoms with E-state index in [1.54, 1.807) is 6.26 Å². The van der Waals surface area contributed by atoms with Crippen LogP contribution in [0.3, 0.4) is 0 Å². The van der Waals surface area contributed by atoms with Crippen LogP contribution >= 0.6 is 0 Å². The van der Waals surface area contributed by atoms with Gasteiger partial charge in [-0.25, -0.2) is 0 Å². The summed E-state index contributed by atoms with van der Waals surface area (Å²) in [4.78, 5) is 0. The smallest absolute Gasteiger partial charge is 0.133 e. The fourth-order valence-corrected chi connectivity index (χ4v) is 1.59. The summed E-state index contributed by atoms with van der Waals surface area (Å²) in [5.41, 5.74) is 2.29. The topological polar surface area (TPSA) is 25.7 Å². The van der Waals surface area contributed by atoms with Gasteiger partial charge in [0.1, 0.15) is 5.58 Å². The van der Waals surface area contributed by atoms with Gasteiger partial charge < -0.3 is 9.15 Å². The molecule has 66 valence electrons. The van der Waals surface area contributed by atoms with Crippen LogP contribution in [0.4, 0.5) is 0 Å². The number of epoxide rings is 1. The summed E-state index contributed by atoms with van der Waals surface area (Å²) in [7, 11) is 0. The van der Waals surface area contributed by atoms with E-state index in [-0.39, 0.29) is 0 Å². The summed E-state index contributed by atoms with van der Waals surface area (Å²) in [5.74, 6) is 0. The lowest BCUT2D eigenvalue weighted by atomic mass is 10.1. The fraction of sp³-hybridized carbons (Fsp3) is 0.273. The van der Waals surface area contributed by atoms with Crippen molar-refractivity contribution in [2.24, 2.45) is 0 Å². The molecular formula is C11H10O2. The highest BCUT2D eigenvalue weighted by Gasteiger charge is 2.22. The van der Waals surface area contributed by atoms with E-state index in [1.165, 1.54) is 10.9 Å². The van der Waals surface area contributed by atoms with Gasteiger partial charge in [0.25, 0.3) is 0 Å². The first-order valence-corrected chi connectivity index (χ1v) is 4.49. The van der Waals surface area contributed by atoms with Crippen LogP contribution in [0.2, 0.25) is 0 Å². The second kappa shape index (κ2) is 2.60. The second-order valence-corrected chi connectivity index (χ2v) is 3.45. The summed E-state index contributed by atoms with van der Waals surface area (Å²) in [5, 5.41) is 1.18. The van der Waals surface area contributed by atoms with Crippen LogP contribution in [0.1, 0.15) is 5.56 Å². The summed E-state index contributed by atoms with van der Waals surface area (Å²) < 4.78 is 10.4. The molecule has 13 heavy (non-hydrogen) atoms. The predicted octanol–water partition coefficient (Wildman–Crippen LogP) is 2.37. The van der Waals surface area contributed by atoms with Crippen molar-refractivity contribution in [3.8, 4) is 0 Å². The summed E-state index contributed by atoms with van der Waals surface area (Å²) >= 11 is 0. The van der Waals surface area contributed by atoms with Gasteiger partial charge in [0, 0.05) is 11.8 Å². The van der Waals surface area contributed by atoms with Crippen molar-refractivity contribution < 1.29 is 9.15 Å². The monoisotopic (exact) mass is 174 g/mol. The number of ether oxygens (including phenoxy) is 1. The zero-order chi connectivity index (χ0) is 8.67. The molecule has 0 spiro atoms. The number of hydrogen-bond donors (Lipinski definition) is 0. The molecule has 2 heteroatoms. The highest BCUT2D eigenvalue weighted by Crippen LogP contribution is 2.21. The van der Waals surface area contributed by atoms with E-state index in [4.69, 9.17) is 9.15 Å². The van der Waals surface area contributed by atoms with Crippen LogP contribution in [0.5, 0.6) is 0 Å². The third-order valence-electron chi connectivity index (χ3n) is 2.38. The van der Waals surface area contributed by atoms with Gasteiger partial charge in [-0.1, -0.05) is 6.07 Å². The van der Waals surface area contributed by atoms with E-state index in [1.807, 2.05) is 12.1 Å². The molecule has 3 rings (SSSR count). The van der Waals surface area contributed by atoms with Crippen LogP contribution in [-0.2, 0) is 11.2 Å². The zero-order valence-electron chi connectivity index (χ0n) is 7.19. The first kappa shape index (κ1) is 7.15. The van der Waals surface area contributed by atoms with Crippen LogP contribution in [0, 0.1) is 0 Å². The molecule has 0 radical (unpaired) electrons. The van der Waals surface area contributed by atoms with Crippen molar-refractivity contribution in [1.29, 1.82) is 0 Å². The molecule has 1 aromatic carbocycles. The number of rotatable bonds is 2. The number of benzene rings is 1. The maximum absolute atomic E-state index is 5.26. The van der Waals surface area contributed by atoms with Gasteiger partial charge in [-0.3, -0.25) is 0 Å². The average molecular weight is 174 g/mol. The average Bonchev–Trinajstić information content (AvgIpc) is 2.83. The minimum absolute atomic E-state index is 0.462. The molecule has 1 aliphatic rings. The SMILES string of the molecule is c1cc2cc(C[C@@H]3CO3)ccc2o1. The van der Waals surface area contributed by atoms with E-state index >= 15 is 0 Å². The van der Waals surface area contributed by atoms with Gasteiger partial charge in [-0.05, 0) is 23.8 Å². The molecule has 2 aromatic rings. The second-order valence-electron chi connectivity index (χ2n) is 3.45. The van der Waals surface area contributed by atoms with E-state index < -0.39 is 0 Å². The Hall–Kier alpha value is -1.28. The van der Waals surface area contributed by atoms with Crippen LogP contribution < -0.4 is 0 Å². The Morgan fingerprint density at radius 3 is 3.08 bits per heavy atom. The first-order valence-electron chi connectivity index (χ1n) is 4.49. The lowest BCUT2D eigenvalue weighted by Gasteiger charge is -1.96. The third-order valence-corrected chi connectivity index (χ3v) is 2.38. The molecule has 2 nitrogen and oxygen atoms in total. The molecule has 1 saturated heterocycles. The Bertz CT molecular complexity index is 426. The summed E-state index contributed by atoms with van der Waals surface area (Å²) in [6.45, 7) is 0.920. The van der Waals surface area contributed by atoms with Gasteiger partial charge in [0.05, 0.1) is 19.0 Å². The van der Waals surface area contributed by atoms with Gasteiger partial charge in [0.2, 0.25) is 0 Å². The largest absolute Gasteiger partial charge is 0.464 e. The molecule has 1 aromatic heterocycles. The van der Waals surface area contributed by atoms with Crippen LogP contribution in [0.25, 0.3) is 11.0 Å². The molecule has 0 bridgehead atoms. The van der Waals surface area contributed by atoms with Gasteiger partial charge in [0.15, 0.2) is 0 Å². The molecule has 1 fully saturated rings. The van der Waals surface area contributed by atoms with E-state index in [0.29, 0.717) is 6.10 Å². The van der Waals surface area contributed by atoms with Crippen molar-refractivity contribution >= 4 is 11.0 Å². The Morgan fingerprint density at radius 1 is 1.31 bits per heavy atom. The highest BCUT2D eigenvalue weighted by atomic mass is 16.6. The number of furan rings is 1. The molecule has 0 aliphatic carbocycles. The standard InChI is InChI=1S/C11H10O2/c1-2-11-9(3-4-12-11)5-8(1)6-10-7-13-10/h1-5,10H,6-7H2/t10-/m1/s1. The fourth-order valence-electron chi connectivity index (χ4n) is 1.59. The van der Waals surface area contributed by atoms with Crippen molar-refractivity contribution in [3.05, 3.63) is 36.1 Å². The van der Waals surface area contributed by atoms with Crippen LogP contribution in [-0.4, -0.2) is 12.7 Å². The lowest BCUT2D eigenvalue weighted by Crippen LogP contribution is -1.91. The van der Waals surface area contributed by atoms with Gasteiger partial charge >= 0.3 is 0 Å². The van der Waals surface area contributed by atoms with Crippen LogP contribution in [0.15, 0.2) is 34.9 Å². The molecule has 1 aliphatic heterocycles. The van der Waals surface area contributed by atoms with Crippen molar-refractivity contribution in [2.75, 3.05) is 6.61 Å². The van der Waals surface area contributed by atoms with Crippen molar-refractivity contribution in [2.45, 2.75) is 12.5 Å². The van der Waals surface area contributed by atoms with E-state index in [0.717, 1.165) is 18.6 Å². The molecule has 0 amide bonds. The molecule has 2 heterocycles. The molecule has 0 saturated carbocycles. The normalized spacial score (nSPS) is 20.8. The van der Waals surface area contributed by atoms with Gasteiger partial charge in [-0.15, -0.1) is 0 Å². The summed E-state index contributed by atoms with van der Waals surface area (Å²) in [6.07, 6.45) is 3.22. The molecule has 1 atom stereocenters. The highest BCUT2D eigenvalue weighted by molar-refractivity contribution is 5.77. The van der Waals surface area contributed by atoms with Crippen molar-refractivity contribution in [3.63, 3.8) is 0 Å². The Kier molecular flexibility index (Phi) is 1.43. The Labute approximate surface area is 76.1 Å². The first-order chi connectivity index (χ1) is 6.42.